The molecule has 7 nitrogen and oxygen atoms in total. The van der Waals surface area contributed by atoms with Gasteiger partial charge in [-0.05, 0) is 53.7 Å². The SMILES string of the molecule is CC.CC.CC.CCCCc1ncc(/C=C(\CC2CCCC2)C(=O)OC)n1Cc1ccc(-c2ccccc2/C(C)=N/N=NC)cc1. The number of methoxy groups -OCH3 is 1. The molecule has 1 aliphatic carbocycles. The van der Waals surface area contributed by atoms with Crippen molar-refractivity contribution in [1.82, 2.24) is 9.55 Å². The van der Waals surface area contributed by atoms with Gasteiger partial charge in [-0.15, -0.1) is 5.10 Å². The smallest absolute Gasteiger partial charge is 0.333 e. The molecule has 0 bridgehead atoms. The van der Waals surface area contributed by atoms with Crippen LogP contribution in [0.25, 0.3) is 17.2 Å². The fourth-order valence-electron chi connectivity index (χ4n) is 5.49. The molecular weight excluding hydrogens is 570 g/mol. The van der Waals surface area contributed by atoms with Gasteiger partial charge in [0.1, 0.15) is 5.82 Å². The maximum Gasteiger partial charge on any atom is 0.333 e. The average molecular weight is 630 g/mol. The third-order valence-corrected chi connectivity index (χ3v) is 7.68. The summed E-state index contributed by atoms with van der Waals surface area (Å²) in [4.78, 5) is 17.5. The Morgan fingerprint density at radius 2 is 1.65 bits per heavy atom. The molecule has 4 rings (SSSR count). The van der Waals surface area contributed by atoms with Crippen molar-refractivity contribution < 1.29 is 9.53 Å². The van der Waals surface area contributed by atoms with Crippen molar-refractivity contribution in [1.29, 1.82) is 0 Å². The number of hydrogen-bond donors (Lipinski definition) is 0. The van der Waals surface area contributed by atoms with E-state index in [1.165, 1.54) is 38.4 Å². The largest absolute Gasteiger partial charge is 0.466 e. The number of unbranched alkanes of at least 4 members (excludes halogenated alkanes) is 1. The van der Waals surface area contributed by atoms with E-state index in [-0.39, 0.29) is 5.97 Å². The minimum atomic E-state index is -0.239. The molecule has 1 aliphatic rings. The van der Waals surface area contributed by atoms with Crippen LogP contribution in [0.1, 0.15) is 123 Å². The Labute approximate surface area is 279 Å². The van der Waals surface area contributed by atoms with E-state index in [9.17, 15) is 4.79 Å². The summed E-state index contributed by atoms with van der Waals surface area (Å²) in [7, 11) is 3.08. The third kappa shape index (κ3) is 12.1. The topological polar surface area (TPSA) is 81.2 Å². The van der Waals surface area contributed by atoms with Gasteiger partial charge in [0.15, 0.2) is 0 Å². The third-order valence-electron chi connectivity index (χ3n) is 7.68. The second-order valence-corrected chi connectivity index (χ2v) is 10.5. The average Bonchev–Trinajstić information content (AvgIpc) is 3.78. The molecule has 0 spiro atoms. The second-order valence-electron chi connectivity index (χ2n) is 10.5. The van der Waals surface area contributed by atoms with Crippen LogP contribution in [0.4, 0.5) is 0 Å². The first-order valence-corrected chi connectivity index (χ1v) is 17.4. The quantitative estimate of drug-likeness (QED) is 0.0657. The van der Waals surface area contributed by atoms with Crippen LogP contribution in [0.15, 0.2) is 75.7 Å². The lowest BCUT2D eigenvalue weighted by atomic mass is 9.96. The summed E-state index contributed by atoms with van der Waals surface area (Å²) in [6.07, 6.45) is 12.6. The number of carbonyl (C=O) groups excluding carboxylic acids is 1. The Kier molecular flexibility index (Phi) is 20.5. The molecule has 0 radical (unpaired) electrons. The van der Waals surface area contributed by atoms with E-state index < -0.39 is 0 Å². The molecular formula is C39H59N5O2. The monoisotopic (exact) mass is 629 g/mol. The number of aryl methyl sites for hydroxylation is 1. The molecule has 0 aliphatic heterocycles. The predicted octanol–water partition coefficient (Wildman–Crippen LogP) is 11.0. The number of nitrogens with zero attached hydrogens (tertiary/aromatic N) is 5. The molecule has 1 heterocycles. The van der Waals surface area contributed by atoms with Crippen molar-refractivity contribution in [2.24, 2.45) is 21.4 Å². The van der Waals surface area contributed by atoms with Gasteiger partial charge in [-0.3, -0.25) is 0 Å². The summed E-state index contributed by atoms with van der Waals surface area (Å²) < 4.78 is 7.42. The first kappa shape index (κ1) is 40.2. The highest BCUT2D eigenvalue weighted by Gasteiger charge is 2.21. The molecule has 0 N–H and O–H groups in total. The Balaban J connectivity index is 0.00000166. The molecule has 0 amide bonds. The van der Waals surface area contributed by atoms with Gasteiger partial charge in [0, 0.05) is 24.1 Å². The van der Waals surface area contributed by atoms with Crippen molar-refractivity contribution in [3.8, 4) is 11.1 Å². The lowest BCUT2D eigenvalue weighted by molar-refractivity contribution is -0.136. The summed E-state index contributed by atoms with van der Waals surface area (Å²) in [5, 5.41) is 11.8. The molecule has 3 aromatic rings. The van der Waals surface area contributed by atoms with E-state index in [0.717, 1.165) is 65.2 Å². The Bertz CT molecular complexity index is 1360. The Morgan fingerprint density at radius 1 is 1.00 bits per heavy atom. The number of rotatable bonds is 12. The van der Waals surface area contributed by atoms with E-state index >= 15 is 0 Å². The number of carbonyl (C=O) groups is 1. The highest BCUT2D eigenvalue weighted by molar-refractivity contribution is 6.04. The van der Waals surface area contributed by atoms with Gasteiger partial charge in [-0.1, -0.05) is 129 Å². The molecule has 0 saturated heterocycles. The zero-order valence-corrected chi connectivity index (χ0v) is 30.3. The van der Waals surface area contributed by atoms with Crippen LogP contribution >= 0.6 is 0 Å². The van der Waals surface area contributed by atoms with Gasteiger partial charge >= 0.3 is 5.97 Å². The molecule has 252 valence electrons. The number of benzene rings is 2. The van der Waals surface area contributed by atoms with E-state index in [4.69, 9.17) is 9.72 Å². The van der Waals surface area contributed by atoms with Gasteiger partial charge in [0.05, 0.1) is 31.8 Å². The van der Waals surface area contributed by atoms with Crippen LogP contribution in [0, 0.1) is 5.92 Å². The van der Waals surface area contributed by atoms with E-state index in [1.54, 1.807) is 7.05 Å². The fourth-order valence-corrected chi connectivity index (χ4v) is 5.49. The number of imidazole rings is 1. The van der Waals surface area contributed by atoms with Crippen molar-refractivity contribution in [3.63, 3.8) is 0 Å². The van der Waals surface area contributed by atoms with Crippen LogP contribution < -0.4 is 0 Å². The zero-order chi connectivity index (χ0) is 34.3. The summed E-state index contributed by atoms with van der Waals surface area (Å²) in [5.74, 6) is 1.36. The lowest BCUT2D eigenvalue weighted by Gasteiger charge is -2.14. The number of esters is 1. The molecule has 0 atom stereocenters. The number of hydrogen-bond acceptors (Lipinski definition) is 5. The normalized spacial score (nSPS) is 13.3. The van der Waals surface area contributed by atoms with Crippen LogP contribution in [0.3, 0.4) is 0 Å². The molecule has 1 saturated carbocycles. The maximum absolute atomic E-state index is 12.7. The van der Waals surface area contributed by atoms with Crippen molar-refractivity contribution >= 4 is 17.8 Å². The van der Waals surface area contributed by atoms with Crippen LogP contribution in [-0.2, 0) is 22.5 Å². The second kappa shape index (κ2) is 23.5. The van der Waals surface area contributed by atoms with E-state index in [0.29, 0.717) is 12.5 Å². The Hall–Kier alpha value is -3.87. The Morgan fingerprint density at radius 3 is 2.26 bits per heavy atom. The fraction of sp³-hybridized carbons (Fsp3) is 0.513. The molecule has 7 heteroatoms. The van der Waals surface area contributed by atoms with E-state index in [2.05, 4.69) is 63.3 Å². The highest BCUT2D eigenvalue weighted by Crippen LogP contribution is 2.31. The minimum absolute atomic E-state index is 0.239. The summed E-state index contributed by atoms with van der Waals surface area (Å²) >= 11 is 0. The molecule has 2 aromatic carbocycles. The van der Waals surface area contributed by atoms with Gasteiger partial charge in [0.2, 0.25) is 0 Å². The number of aromatic nitrogens is 2. The maximum atomic E-state index is 12.7. The first-order chi connectivity index (χ1) is 22.5. The minimum Gasteiger partial charge on any atom is -0.466 e. The van der Waals surface area contributed by atoms with Gasteiger partial charge in [0.25, 0.3) is 0 Å². The number of ether oxygens (including phenoxy) is 1. The van der Waals surface area contributed by atoms with Crippen molar-refractivity contribution in [2.75, 3.05) is 14.2 Å². The molecule has 46 heavy (non-hydrogen) atoms. The molecule has 1 fully saturated rings. The van der Waals surface area contributed by atoms with Crippen molar-refractivity contribution in [3.05, 3.63) is 82.9 Å². The van der Waals surface area contributed by atoms with E-state index in [1.807, 2.05) is 72.9 Å². The standard InChI is InChI=1S/C33H41N5O2.3C2H6/c1-5-6-15-32-35-22-29(21-28(33(39)40-4)20-25-11-7-8-12-25)38(32)23-26-16-18-27(19-17-26)31-14-10-9-13-30(31)24(2)36-37-34-3;3*1-2/h9-10,13-14,16-19,21-22,25H,5-8,11-12,15,20,23H2,1-4H3;3*1-2H3/b28-21+,36-24+,37-34?;;;. The summed E-state index contributed by atoms with van der Waals surface area (Å²) in [5.41, 5.74) is 6.94. The summed E-state index contributed by atoms with van der Waals surface area (Å²) in [6.45, 7) is 16.8. The lowest BCUT2D eigenvalue weighted by Crippen LogP contribution is -2.11. The van der Waals surface area contributed by atoms with Crippen LogP contribution in [0.5, 0.6) is 0 Å². The highest BCUT2D eigenvalue weighted by atomic mass is 16.5. The summed E-state index contributed by atoms with van der Waals surface area (Å²) in [6, 6.07) is 16.9. The van der Waals surface area contributed by atoms with Gasteiger partial charge in [-0.25, -0.2) is 9.78 Å². The zero-order valence-electron chi connectivity index (χ0n) is 30.3. The molecule has 1 aromatic heterocycles. The van der Waals surface area contributed by atoms with Crippen LogP contribution in [-0.4, -0.2) is 35.4 Å². The van der Waals surface area contributed by atoms with Crippen LogP contribution in [0.2, 0.25) is 0 Å². The van der Waals surface area contributed by atoms with Gasteiger partial charge < -0.3 is 9.30 Å². The van der Waals surface area contributed by atoms with Gasteiger partial charge in [-0.2, -0.15) is 5.11 Å². The predicted molar refractivity (Wildman–Crippen MR) is 195 cm³/mol. The van der Waals surface area contributed by atoms with Crippen molar-refractivity contribution in [2.45, 2.75) is 113 Å². The first-order valence-electron chi connectivity index (χ1n) is 17.4. The molecule has 0 unspecified atom stereocenters.